The highest BCUT2D eigenvalue weighted by Crippen LogP contribution is 2.34. The fraction of sp³-hybridized carbons (Fsp3) is 0.235. The van der Waals surface area contributed by atoms with Crippen LogP contribution < -0.4 is 4.18 Å². The lowest BCUT2D eigenvalue weighted by atomic mass is 10.1. The Morgan fingerprint density at radius 3 is 2.27 bits per heavy atom. The van der Waals surface area contributed by atoms with E-state index in [1.54, 1.807) is 12.1 Å². The van der Waals surface area contributed by atoms with Gasteiger partial charge in [-0.1, -0.05) is 23.7 Å². The van der Waals surface area contributed by atoms with Crippen LogP contribution in [0, 0.1) is 0 Å². The van der Waals surface area contributed by atoms with Crippen LogP contribution in [0.2, 0.25) is 5.02 Å². The number of ketones is 1. The summed E-state index contributed by atoms with van der Waals surface area (Å²) in [6.45, 7) is 1.46. The maximum atomic E-state index is 12.8. The first-order valence-electron chi connectivity index (χ1n) is 7.38. The summed E-state index contributed by atoms with van der Waals surface area (Å²) in [6.07, 6.45) is -3.88. The Balaban J connectivity index is 2.25. The minimum absolute atomic E-state index is 0.0205. The number of Topliss-reactive ketones (excluding diaryl/α,β-unsaturated/α-hetero) is 1. The van der Waals surface area contributed by atoms with Gasteiger partial charge in [0.15, 0.2) is 0 Å². The highest BCUT2D eigenvalue weighted by Gasteiger charge is 2.33. The van der Waals surface area contributed by atoms with Crippen molar-refractivity contribution in [2.24, 2.45) is 0 Å². The number of hydrogen-bond donors (Lipinski definition) is 0. The van der Waals surface area contributed by atoms with Gasteiger partial charge in [-0.25, -0.2) is 0 Å². The molecule has 9 heteroatoms. The predicted molar refractivity (Wildman–Crippen MR) is 89.7 cm³/mol. The molecule has 0 aromatic heterocycles. The van der Waals surface area contributed by atoms with Gasteiger partial charge in [0, 0.05) is 6.42 Å². The summed E-state index contributed by atoms with van der Waals surface area (Å²) < 4.78 is 67.8. The largest absolute Gasteiger partial charge is 0.416 e. The van der Waals surface area contributed by atoms with Crippen molar-refractivity contribution >= 4 is 27.5 Å². The molecule has 0 fully saturated rings. The molecule has 0 aliphatic rings. The van der Waals surface area contributed by atoms with Crippen LogP contribution in [0.25, 0.3) is 0 Å². The van der Waals surface area contributed by atoms with E-state index in [0.29, 0.717) is 25.0 Å². The summed E-state index contributed by atoms with van der Waals surface area (Å²) >= 11 is 5.73. The number of aryl methyl sites for hydroxylation is 1. The molecule has 0 heterocycles. The number of hydrogen-bond acceptors (Lipinski definition) is 4. The summed E-state index contributed by atoms with van der Waals surface area (Å²) in [5, 5.41) is -0.379. The SMILES string of the molecule is CC(=O)CCc1ccc(OS(=O)(=O)c2cc(C(F)(F)F)ccc2Cl)cc1. The molecule has 2 aromatic carbocycles. The van der Waals surface area contributed by atoms with Crippen molar-refractivity contribution in [3.8, 4) is 5.75 Å². The Labute approximate surface area is 153 Å². The molecule has 0 bridgehead atoms. The van der Waals surface area contributed by atoms with Crippen LogP contribution in [-0.4, -0.2) is 14.2 Å². The van der Waals surface area contributed by atoms with E-state index in [0.717, 1.165) is 11.6 Å². The van der Waals surface area contributed by atoms with Crippen LogP contribution in [0.4, 0.5) is 13.2 Å². The van der Waals surface area contributed by atoms with Crippen molar-refractivity contribution in [2.75, 3.05) is 0 Å². The standard InChI is InChI=1S/C17H14ClF3O4S/c1-11(22)2-3-12-4-7-14(8-5-12)25-26(23,24)16-10-13(17(19,20)21)6-9-15(16)18/h4-10H,2-3H2,1H3. The molecule has 2 aromatic rings. The molecule has 0 saturated carbocycles. The summed E-state index contributed by atoms with van der Waals surface area (Å²) in [4.78, 5) is 10.2. The van der Waals surface area contributed by atoms with Crippen molar-refractivity contribution < 1.29 is 30.6 Å². The topological polar surface area (TPSA) is 60.4 Å². The molecule has 0 spiro atoms. The molecule has 0 aliphatic heterocycles. The average Bonchev–Trinajstić information content (AvgIpc) is 2.53. The zero-order valence-corrected chi connectivity index (χ0v) is 15.1. The number of alkyl halides is 3. The maximum Gasteiger partial charge on any atom is 0.416 e. The Hall–Kier alpha value is -2.06. The van der Waals surface area contributed by atoms with Gasteiger partial charge >= 0.3 is 16.3 Å². The molecule has 0 saturated heterocycles. The van der Waals surface area contributed by atoms with Gasteiger partial charge < -0.3 is 8.98 Å². The molecular weight excluding hydrogens is 393 g/mol. The van der Waals surface area contributed by atoms with Gasteiger partial charge in [0.05, 0.1) is 10.6 Å². The zero-order chi connectivity index (χ0) is 19.5. The zero-order valence-electron chi connectivity index (χ0n) is 13.5. The van der Waals surface area contributed by atoms with Crippen molar-refractivity contribution in [3.63, 3.8) is 0 Å². The van der Waals surface area contributed by atoms with Gasteiger partial charge in [-0.15, -0.1) is 0 Å². The van der Waals surface area contributed by atoms with Crippen molar-refractivity contribution in [1.82, 2.24) is 0 Å². The van der Waals surface area contributed by atoms with E-state index in [4.69, 9.17) is 15.8 Å². The van der Waals surface area contributed by atoms with E-state index in [-0.39, 0.29) is 16.6 Å². The molecule has 0 unspecified atom stereocenters. The Morgan fingerprint density at radius 1 is 1.12 bits per heavy atom. The maximum absolute atomic E-state index is 12.8. The number of rotatable bonds is 6. The Morgan fingerprint density at radius 2 is 1.73 bits per heavy atom. The third kappa shape index (κ3) is 5.22. The smallest absolute Gasteiger partial charge is 0.379 e. The quantitative estimate of drug-likeness (QED) is 0.655. The molecule has 140 valence electrons. The lowest BCUT2D eigenvalue weighted by molar-refractivity contribution is -0.137. The van der Waals surface area contributed by atoms with Crippen molar-refractivity contribution in [1.29, 1.82) is 0 Å². The van der Waals surface area contributed by atoms with Crippen LogP contribution in [0.1, 0.15) is 24.5 Å². The minimum atomic E-state index is -4.72. The van der Waals surface area contributed by atoms with E-state index in [2.05, 4.69) is 0 Å². The summed E-state index contributed by atoms with van der Waals surface area (Å²) in [5.41, 5.74) is -0.356. The van der Waals surface area contributed by atoms with Crippen molar-refractivity contribution in [3.05, 3.63) is 58.6 Å². The fourth-order valence-corrected chi connectivity index (χ4v) is 3.51. The predicted octanol–water partition coefficient (Wildman–Crippen LogP) is 4.65. The molecule has 0 radical (unpaired) electrons. The number of carbonyl (C=O) groups is 1. The number of carbonyl (C=O) groups excluding carboxylic acids is 1. The van der Waals surface area contributed by atoms with E-state index >= 15 is 0 Å². The lowest BCUT2D eigenvalue weighted by Gasteiger charge is -2.12. The average molecular weight is 407 g/mol. The van der Waals surface area contributed by atoms with Gasteiger partial charge in [0.25, 0.3) is 0 Å². The third-order valence-corrected chi connectivity index (χ3v) is 5.15. The lowest BCUT2D eigenvalue weighted by Crippen LogP contribution is -2.13. The first-order chi connectivity index (χ1) is 12.0. The van der Waals surface area contributed by atoms with Gasteiger partial charge in [-0.3, -0.25) is 0 Å². The Kier molecular flexibility index (Phi) is 5.98. The van der Waals surface area contributed by atoms with Crippen LogP contribution in [-0.2, 0) is 27.5 Å². The second-order valence-corrected chi connectivity index (χ2v) is 7.45. The monoisotopic (exact) mass is 406 g/mol. The third-order valence-electron chi connectivity index (χ3n) is 3.42. The molecule has 26 heavy (non-hydrogen) atoms. The number of halogens is 4. The van der Waals surface area contributed by atoms with E-state index in [1.165, 1.54) is 19.1 Å². The second kappa shape index (κ2) is 7.67. The second-order valence-electron chi connectivity index (χ2n) is 5.53. The highest BCUT2D eigenvalue weighted by atomic mass is 35.5. The molecule has 0 amide bonds. The van der Waals surface area contributed by atoms with Gasteiger partial charge in [0.2, 0.25) is 0 Å². The minimum Gasteiger partial charge on any atom is -0.379 e. The highest BCUT2D eigenvalue weighted by molar-refractivity contribution is 7.87. The first-order valence-corrected chi connectivity index (χ1v) is 9.17. The molecule has 4 nitrogen and oxygen atoms in total. The molecular formula is C17H14ClF3O4S. The summed E-state index contributed by atoms with van der Waals surface area (Å²) in [5.74, 6) is -0.0582. The van der Waals surface area contributed by atoms with Crippen LogP contribution in [0.5, 0.6) is 5.75 Å². The first kappa shape index (κ1) is 20.3. The van der Waals surface area contributed by atoms with Gasteiger partial charge in [-0.2, -0.15) is 21.6 Å². The number of benzene rings is 2. The van der Waals surface area contributed by atoms with Gasteiger partial charge in [-0.05, 0) is 49.2 Å². The molecule has 0 N–H and O–H groups in total. The Bertz CT molecular complexity index is 907. The normalized spacial score (nSPS) is 12.0. The molecule has 0 atom stereocenters. The summed E-state index contributed by atoms with van der Waals surface area (Å²) in [7, 11) is -4.55. The summed E-state index contributed by atoms with van der Waals surface area (Å²) in [6, 6.07) is 7.82. The van der Waals surface area contributed by atoms with E-state index in [9.17, 15) is 26.4 Å². The van der Waals surface area contributed by atoms with Gasteiger partial charge in [0.1, 0.15) is 16.4 Å². The molecule has 0 aliphatic carbocycles. The van der Waals surface area contributed by atoms with E-state index in [1.807, 2.05) is 0 Å². The van der Waals surface area contributed by atoms with E-state index < -0.39 is 26.8 Å². The van der Waals surface area contributed by atoms with Crippen molar-refractivity contribution in [2.45, 2.75) is 30.8 Å². The fourth-order valence-electron chi connectivity index (χ4n) is 2.07. The van der Waals surface area contributed by atoms with Crippen LogP contribution >= 0.6 is 11.6 Å². The van der Waals surface area contributed by atoms with Crippen LogP contribution in [0.15, 0.2) is 47.4 Å². The van der Waals surface area contributed by atoms with Crippen LogP contribution in [0.3, 0.4) is 0 Å². The molecule has 2 rings (SSSR count).